The number of aryl methyl sites for hydroxylation is 2. The van der Waals surface area contributed by atoms with E-state index in [-0.39, 0.29) is 19.6 Å². The third-order valence-corrected chi connectivity index (χ3v) is 7.60. The van der Waals surface area contributed by atoms with Gasteiger partial charge in [-0.1, -0.05) is 36.4 Å². The molecule has 0 unspecified atom stereocenters. The molecule has 0 aliphatic rings. The highest BCUT2D eigenvalue weighted by Gasteiger charge is 2.15. The Balaban J connectivity index is 1.14. The van der Waals surface area contributed by atoms with Crippen molar-refractivity contribution in [3.05, 3.63) is 125 Å². The molecule has 0 spiro atoms. The minimum atomic E-state index is -0.880. The summed E-state index contributed by atoms with van der Waals surface area (Å²) in [5.74, 6) is 1.77. The van der Waals surface area contributed by atoms with Gasteiger partial charge in [-0.05, 0) is 73.5 Å². The van der Waals surface area contributed by atoms with E-state index in [1.807, 2.05) is 90.9 Å². The van der Waals surface area contributed by atoms with E-state index in [1.165, 1.54) is 0 Å². The quantitative estimate of drug-likeness (QED) is 0.133. The van der Waals surface area contributed by atoms with E-state index in [2.05, 4.69) is 16.9 Å². The van der Waals surface area contributed by atoms with Gasteiger partial charge in [0.05, 0.1) is 36.8 Å². The number of rotatable bonds is 14. The molecule has 0 aliphatic carbocycles. The molecular formula is C37H35N5O6. The maximum Gasteiger partial charge on any atom is 0.307 e. The van der Waals surface area contributed by atoms with Crippen LogP contribution in [0.25, 0.3) is 29.3 Å². The normalized spacial score (nSPS) is 11.2. The number of methoxy groups -OCH3 is 1. The fraction of sp³-hybridized carbons (Fsp3) is 0.189. The first kappa shape index (κ1) is 31.9. The number of aromatic nitrogens is 5. The number of carboxylic acids is 1. The second kappa shape index (κ2) is 14.5. The fourth-order valence-corrected chi connectivity index (χ4v) is 4.97. The number of hydrogen-bond donors (Lipinski definition) is 1. The van der Waals surface area contributed by atoms with Crippen molar-refractivity contribution in [2.75, 3.05) is 7.11 Å². The molecule has 0 radical (unpaired) electrons. The zero-order chi connectivity index (χ0) is 33.5. The summed E-state index contributed by atoms with van der Waals surface area (Å²) in [5, 5.41) is 13.7. The fourth-order valence-electron chi connectivity index (χ4n) is 4.97. The number of nitrogens with zero attached hydrogens (tertiary/aromatic N) is 5. The molecule has 0 fully saturated rings. The molecule has 3 heterocycles. The molecule has 3 aromatic heterocycles. The molecule has 6 rings (SSSR count). The van der Waals surface area contributed by atoms with Gasteiger partial charge in [-0.15, -0.1) is 5.10 Å². The van der Waals surface area contributed by atoms with Crippen molar-refractivity contribution in [2.24, 2.45) is 0 Å². The summed E-state index contributed by atoms with van der Waals surface area (Å²) in [5.41, 5.74) is 5.55. The Labute approximate surface area is 277 Å². The summed E-state index contributed by atoms with van der Waals surface area (Å²) in [4.78, 5) is 20.0. The van der Waals surface area contributed by atoms with Crippen molar-refractivity contribution in [3.63, 3.8) is 0 Å². The van der Waals surface area contributed by atoms with E-state index >= 15 is 0 Å². The van der Waals surface area contributed by atoms with E-state index in [1.54, 1.807) is 36.1 Å². The predicted molar refractivity (Wildman–Crippen MR) is 180 cm³/mol. The molecule has 6 aromatic rings. The Morgan fingerprint density at radius 3 is 2.46 bits per heavy atom. The van der Waals surface area contributed by atoms with Crippen molar-refractivity contribution < 1.29 is 28.5 Å². The molecule has 11 heteroatoms. The van der Waals surface area contributed by atoms with Gasteiger partial charge >= 0.3 is 5.97 Å². The third kappa shape index (κ3) is 7.64. The molecule has 11 nitrogen and oxygen atoms in total. The van der Waals surface area contributed by atoms with Crippen LogP contribution in [0.15, 0.2) is 95.9 Å². The number of aliphatic carboxylic acids is 1. The molecule has 0 saturated carbocycles. The summed E-state index contributed by atoms with van der Waals surface area (Å²) in [7, 11) is 1.59. The van der Waals surface area contributed by atoms with E-state index in [0.717, 1.165) is 34.6 Å². The first-order valence-corrected chi connectivity index (χ1v) is 15.4. The average Bonchev–Trinajstić information content (AvgIpc) is 3.84. The lowest BCUT2D eigenvalue weighted by Crippen LogP contribution is -2.02. The number of hydrogen-bond acceptors (Lipinski definition) is 8. The lowest BCUT2D eigenvalue weighted by Gasteiger charge is -2.12. The number of para-hydroxylation sites is 1. The van der Waals surface area contributed by atoms with Crippen LogP contribution < -0.4 is 14.2 Å². The van der Waals surface area contributed by atoms with E-state index in [4.69, 9.17) is 28.8 Å². The van der Waals surface area contributed by atoms with Crippen LogP contribution in [0.4, 0.5) is 0 Å². The molecule has 244 valence electrons. The van der Waals surface area contributed by atoms with Gasteiger partial charge in [0.1, 0.15) is 24.7 Å². The second-order valence-electron chi connectivity index (χ2n) is 11.0. The van der Waals surface area contributed by atoms with E-state index in [0.29, 0.717) is 40.3 Å². The molecule has 48 heavy (non-hydrogen) atoms. The van der Waals surface area contributed by atoms with Gasteiger partial charge < -0.3 is 28.3 Å². The largest absolute Gasteiger partial charge is 0.493 e. The highest BCUT2D eigenvalue weighted by molar-refractivity contribution is 5.71. The molecule has 3 aromatic carbocycles. The first-order valence-electron chi connectivity index (χ1n) is 15.4. The smallest absolute Gasteiger partial charge is 0.307 e. The van der Waals surface area contributed by atoms with Crippen LogP contribution in [-0.4, -0.2) is 42.5 Å². The summed E-state index contributed by atoms with van der Waals surface area (Å²) in [6.45, 7) is 5.17. The standard InChI is InChI=1S/C37H35N5O6/c1-4-41-21-30(38-24-41)16-15-29-20-42(31-8-6-5-7-9-31)40-37(29)47-22-27-12-17-33(34(18-27)45-3)46-23-32-25(2)48-36(39-32)28-13-10-26(11-14-28)19-35(43)44/h5-18,20-21,24H,4,19,22-23H2,1-3H3,(H,43,44). The van der Waals surface area contributed by atoms with Crippen molar-refractivity contribution in [1.29, 1.82) is 0 Å². The summed E-state index contributed by atoms with van der Waals surface area (Å²) in [6, 6.07) is 22.6. The number of carbonyl (C=O) groups is 1. The van der Waals surface area contributed by atoms with Crippen LogP contribution in [0.5, 0.6) is 17.4 Å². The number of ether oxygens (including phenoxy) is 3. The molecule has 1 N–H and O–H groups in total. The van der Waals surface area contributed by atoms with Crippen molar-refractivity contribution >= 4 is 18.1 Å². The zero-order valence-electron chi connectivity index (χ0n) is 26.9. The van der Waals surface area contributed by atoms with Crippen LogP contribution in [0.2, 0.25) is 0 Å². The Kier molecular flexibility index (Phi) is 9.66. The topological polar surface area (TPSA) is 127 Å². The van der Waals surface area contributed by atoms with Crippen molar-refractivity contribution in [2.45, 2.75) is 40.0 Å². The maximum atomic E-state index is 11.0. The lowest BCUT2D eigenvalue weighted by molar-refractivity contribution is -0.136. The Hall–Kier alpha value is -6.10. The lowest BCUT2D eigenvalue weighted by atomic mass is 10.1. The van der Waals surface area contributed by atoms with Crippen LogP contribution in [0, 0.1) is 6.92 Å². The molecule has 0 amide bonds. The highest BCUT2D eigenvalue weighted by atomic mass is 16.5. The van der Waals surface area contributed by atoms with E-state index < -0.39 is 5.97 Å². The van der Waals surface area contributed by atoms with Crippen LogP contribution in [0.3, 0.4) is 0 Å². The second-order valence-corrected chi connectivity index (χ2v) is 11.0. The third-order valence-electron chi connectivity index (χ3n) is 7.60. The average molecular weight is 646 g/mol. The highest BCUT2D eigenvalue weighted by Crippen LogP contribution is 2.31. The van der Waals surface area contributed by atoms with Crippen molar-refractivity contribution in [3.8, 4) is 34.5 Å². The molecule has 0 saturated heterocycles. The molecule has 0 atom stereocenters. The molecule has 0 aliphatic heterocycles. The Morgan fingerprint density at radius 2 is 1.73 bits per heavy atom. The van der Waals surface area contributed by atoms with Crippen LogP contribution in [0.1, 0.15) is 40.8 Å². The van der Waals surface area contributed by atoms with Gasteiger partial charge in [0, 0.05) is 24.5 Å². The van der Waals surface area contributed by atoms with Gasteiger partial charge in [-0.2, -0.15) is 0 Å². The number of oxazole rings is 1. The monoisotopic (exact) mass is 645 g/mol. The number of imidazole rings is 1. The Bertz CT molecular complexity index is 2030. The summed E-state index contributed by atoms with van der Waals surface area (Å²) >= 11 is 0. The molecule has 0 bridgehead atoms. The Morgan fingerprint density at radius 1 is 0.938 bits per heavy atom. The summed E-state index contributed by atoms with van der Waals surface area (Å²) in [6.07, 6.45) is 9.58. The van der Waals surface area contributed by atoms with Gasteiger partial charge in [0.2, 0.25) is 11.8 Å². The predicted octanol–water partition coefficient (Wildman–Crippen LogP) is 7.02. The van der Waals surface area contributed by atoms with E-state index in [9.17, 15) is 4.79 Å². The van der Waals surface area contributed by atoms with Crippen LogP contribution in [-0.2, 0) is 31.0 Å². The SMILES string of the molecule is CCn1cnc(C=Cc2cn(-c3ccccc3)nc2OCc2ccc(OCc3nc(-c4ccc(CC(=O)O)cc4)oc3C)c(OC)c2)c1. The number of carboxylic acid groups (broad SMARTS) is 1. The first-order chi connectivity index (χ1) is 23.4. The van der Waals surface area contributed by atoms with Gasteiger partial charge in [0.25, 0.3) is 0 Å². The number of benzene rings is 3. The van der Waals surface area contributed by atoms with Gasteiger partial charge in [0.15, 0.2) is 11.5 Å². The zero-order valence-corrected chi connectivity index (χ0v) is 26.9. The minimum Gasteiger partial charge on any atom is -0.493 e. The van der Waals surface area contributed by atoms with Gasteiger partial charge in [-0.3, -0.25) is 4.79 Å². The summed E-state index contributed by atoms with van der Waals surface area (Å²) < 4.78 is 27.7. The molecular weight excluding hydrogens is 610 g/mol. The van der Waals surface area contributed by atoms with Gasteiger partial charge in [-0.25, -0.2) is 14.6 Å². The minimum absolute atomic E-state index is 0.0412. The maximum absolute atomic E-state index is 11.0. The van der Waals surface area contributed by atoms with Crippen molar-refractivity contribution in [1.82, 2.24) is 24.3 Å². The van der Waals surface area contributed by atoms with Crippen LogP contribution >= 0.6 is 0 Å².